The summed E-state index contributed by atoms with van der Waals surface area (Å²) < 4.78 is 0. The molecule has 0 saturated carbocycles. The summed E-state index contributed by atoms with van der Waals surface area (Å²) in [5, 5.41) is 6.18. The molecule has 4 rings (SSSR count). The first-order valence-electron chi connectivity index (χ1n) is 10.6. The Morgan fingerprint density at radius 3 is 2.73 bits per heavy atom. The van der Waals surface area contributed by atoms with E-state index in [1.807, 2.05) is 23.7 Å². The first-order valence-corrected chi connectivity index (χ1v) is 11.5. The number of rotatable bonds is 7. The van der Waals surface area contributed by atoms with Crippen LogP contribution in [0, 0.1) is 5.92 Å². The highest BCUT2D eigenvalue weighted by Crippen LogP contribution is 2.32. The van der Waals surface area contributed by atoms with Gasteiger partial charge in [-0.25, -0.2) is 4.98 Å². The summed E-state index contributed by atoms with van der Waals surface area (Å²) in [6, 6.07) is 16.0. The zero-order valence-corrected chi connectivity index (χ0v) is 18.1. The fourth-order valence-electron chi connectivity index (χ4n) is 4.29. The molecule has 1 aromatic carbocycles. The Bertz CT molecular complexity index is 917. The molecule has 0 unspecified atom stereocenters. The number of carbonyl (C=O) groups is 1. The number of amides is 1. The standard InChI is InChI=1S/C24H28N4OS/c1-18(19-8-3-2-4-9-19)16-28-14-7-10-20(17-28)22(24-26-13-15-30-24)27-23(29)21-11-5-6-12-25-21/h2-6,8-9,11-13,15,18,20,22H,7,10,14,16-17H2,1H3,(H,27,29)/t18-,20+,22-/m1/s1. The van der Waals surface area contributed by atoms with Crippen molar-refractivity contribution in [2.24, 2.45) is 5.92 Å². The maximum absolute atomic E-state index is 12.8. The summed E-state index contributed by atoms with van der Waals surface area (Å²) in [4.78, 5) is 24.1. The number of nitrogens with zero attached hydrogens (tertiary/aromatic N) is 3. The van der Waals surface area contributed by atoms with E-state index in [2.05, 4.69) is 57.4 Å². The van der Waals surface area contributed by atoms with Crippen molar-refractivity contribution < 1.29 is 4.79 Å². The van der Waals surface area contributed by atoms with E-state index >= 15 is 0 Å². The van der Waals surface area contributed by atoms with Crippen molar-refractivity contribution in [2.75, 3.05) is 19.6 Å². The molecule has 3 heterocycles. The van der Waals surface area contributed by atoms with E-state index in [4.69, 9.17) is 0 Å². The topological polar surface area (TPSA) is 58.1 Å². The van der Waals surface area contributed by atoms with Crippen molar-refractivity contribution >= 4 is 17.2 Å². The van der Waals surface area contributed by atoms with Crippen LogP contribution < -0.4 is 5.32 Å². The Balaban J connectivity index is 1.46. The number of aromatic nitrogens is 2. The van der Waals surface area contributed by atoms with E-state index in [-0.39, 0.29) is 11.9 Å². The molecule has 1 fully saturated rings. The normalized spacial score (nSPS) is 19.2. The molecule has 1 saturated heterocycles. The van der Waals surface area contributed by atoms with Crippen LogP contribution in [0.25, 0.3) is 0 Å². The van der Waals surface area contributed by atoms with Crippen molar-refractivity contribution in [3.8, 4) is 0 Å². The van der Waals surface area contributed by atoms with E-state index in [0.29, 0.717) is 17.5 Å². The van der Waals surface area contributed by atoms with E-state index in [1.54, 1.807) is 23.6 Å². The van der Waals surface area contributed by atoms with Crippen molar-refractivity contribution in [3.63, 3.8) is 0 Å². The molecule has 1 amide bonds. The number of hydrogen-bond acceptors (Lipinski definition) is 5. The van der Waals surface area contributed by atoms with Gasteiger partial charge >= 0.3 is 0 Å². The second kappa shape index (κ2) is 9.96. The monoisotopic (exact) mass is 420 g/mol. The van der Waals surface area contributed by atoms with Crippen molar-refractivity contribution in [3.05, 3.63) is 82.6 Å². The lowest BCUT2D eigenvalue weighted by atomic mass is 9.89. The average molecular weight is 421 g/mol. The highest BCUT2D eigenvalue weighted by Gasteiger charge is 2.32. The first-order chi connectivity index (χ1) is 14.7. The molecule has 0 bridgehead atoms. The van der Waals surface area contributed by atoms with Gasteiger partial charge in [-0.15, -0.1) is 11.3 Å². The van der Waals surface area contributed by atoms with Crippen LogP contribution in [-0.4, -0.2) is 40.4 Å². The number of carbonyl (C=O) groups excluding carboxylic acids is 1. The molecule has 3 aromatic rings. The number of hydrogen-bond donors (Lipinski definition) is 1. The predicted octanol–water partition coefficient (Wildman–Crippen LogP) is 4.52. The second-order valence-electron chi connectivity index (χ2n) is 8.01. The van der Waals surface area contributed by atoms with Gasteiger partial charge in [0.1, 0.15) is 10.7 Å². The Morgan fingerprint density at radius 1 is 1.17 bits per heavy atom. The molecular formula is C24H28N4OS. The molecule has 0 spiro atoms. The quantitative estimate of drug-likeness (QED) is 0.610. The van der Waals surface area contributed by atoms with Gasteiger partial charge in [0.05, 0.1) is 6.04 Å². The summed E-state index contributed by atoms with van der Waals surface area (Å²) in [5.74, 6) is 0.678. The summed E-state index contributed by atoms with van der Waals surface area (Å²) >= 11 is 1.61. The van der Waals surface area contributed by atoms with Gasteiger partial charge in [-0.3, -0.25) is 9.78 Å². The summed E-state index contributed by atoms with van der Waals surface area (Å²) in [7, 11) is 0. The zero-order chi connectivity index (χ0) is 20.8. The highest BCUT2D eigenvalue weighted by molar-refractivity contribution is 7.09. The lowest BCUT2D eigenvalue weighted by Gasteiger charge is -2.37. The van der Waals surface area contributed by atoms with Crippen LogP contribution >= 0.6 is 11.3 Å². The summed E-state index contributed by atoms with van der Waals surface area (Å²) in [5.41, 5.74) is 1.82. The minimum atomic E-state index is -0.134. The molecule has 0 aliphatic carbocycles. The van der Waals surface area contributed by atoms with Gasteiger partial charge in [0, 0.05) is 30.9 Å². The van der Waals surface area contributed by atoms with Gasteiger partial charge in [0.2, 0.25) is 0 Å². The third-order valence-corrected chi connectivity index (χ3v) is 6.67. The number of likely N-dealkylation sites (tertiary alicyclic amines) is 1. The van der Waals surface area contributed by atoms with Gasteiger partial charge in [-0.2, -0.15) is 0 Å². The molecule has 3 atom stereocenters. The second-order valence-corrected chi connectivity index (χ2v) is 8.94. The fourth-order valence-corrected chi connectivity index (χ4v) is 5.07. The lowest BCUT2D eigenvalue weighted by Crippen LogP contribution is -2.44. The molecule has 156 valence electrons. The van der Waals surface area contributed by atoms with Crippen LogP contribution in [0.15, 0.2) is 66.3 Å². The zero-order valence-electron chi connectivity index (χ0n) is 17.3. The minimum absolute atomic E-state index is 0.0886. The Hall–Kier alpha value is -2.57. The maximum atomic E-state index is 12.8. The molecule has 1 aliphatic rings. The van der Waals surface area contributed by atoms with Gasteiger partial charge < -0.3 is 10.2 Å². The third kappa shape index (κ3) is 5.12. The lowest BCUT2D eigenvalue weighted by molar-refractivity contribution is 0.0874. The Labute approximate surface area is 182 Å². The third-order valence-electron chi connectivity index (χ3n) is 5.82. The van der Waals surface area contributed by atoms with Gasteiger partial charge in [-0.05, 0) is 48.9 Å². The van der Waals surface area contributed by atoms with Crippen LogP contribution in [0.1, 0.15) is 52.8 Å². The molecule has 5 nitrogen and oxygen atoms in total. The minimum Gasteiger partial charge on any atom is -0.341 e. The van der Waals surface area contributed by atoms with E-state index in [1.165, 1.54) is 5.56 Å². The molecule has 1 aliphatic heterocycles. The van der Waals surface area contributed by atoms with Crippen molar-refractivity contribution in [1.29, 1.82) is 0 Å². The van der Waals surface area contributed by atoms with Crippen LogP contribution in [0.2, 0.25) is 0 Å². The molecule has 6 heteroatoms. The number of thiazole rings is 1. The maximum Gasteiger partial charge on any atom is 0.270 e. The van der Waals surface area contributed by atoms with Crippen molar-refractivity contribution in [2.45, 2.75) is 31.7 Å². The van der Waals surface area contributed by atoms with E-state index < -0.39 is 0 Å². The first kappa shape index (κ1) is 20.7. The fraction of sp³-hybridized carbons (Fsp3) is 0.375. The predicted molar refractivity (Wildman–Crippen MR) is 121 cm³/mol. The van der Waals surface area contributed by atoms with Crippen LogP contribution in [-0.2, 0) is 0 Å². The SMILES string of the molecule is C[C@H](CN1CCC[C@H]([C@@H](NC(=O)c2ccccn2)c2nccs2)C1)c1ccccc1. The number of pyridine rings is 1. The number of piperidine rings is 1. The Morgan fingerprint density at radius 2 is 2.00 bits per heavy atom. The van der Waals surface area contributed by atoms with Gasteiger partial charge in [0.25, 0.3) is 5.91 Å². The largest absolute Gasteiger partial charge is 0.341 e. The van der Waals surface area contributed by atoms with E-state index in [9.17, 15) is 4.79 Å². The number of nitrogens with one attached hydrogen (secondary N) is 1. The van der Waals surface area contributed by atoms with Gasteiger partial charge in [-0.1, -0.05) is 43.3 Å². The van der Waals surface area contributed by atoms with E-state index in [0.717, 1.165) is 37.5 Å². The Kier molecular flexibility index (Phi) is 6.87. The molecule has 2 aromatic heterocycles. The molecule has 30 heavy (non-hydrogen) atoms. The van der Waals surface area contributed by atoms with Gasteiger partial charge in [0.15, 0.2) is 0 Å². The van der Waals surface area contributed by atoms with Crippen LogP contribution in [0.5, 0.6) is 0 Å². The van der Waals surface area contributed by atoms with Crippen LogP contribution in [0.4, 0.5) is 0 Å². The summed E-state index contributed by atoms with van der Waals surface area (Å²) in [6.45, 7) is 5.38. The van der Waals surface area contributed by atoms with Crippen molar-refractivity contribution in [1.82, 2.24) is 20.2 Å². The van der Waals surface area contributed by atoms with Crippen LogP contribution in [0.3, 0.4) is 0 Å². The smallest absolute Gasteiger partial charge is 0.270 e. The highest BCUT2D eigenvalue weighted by atomic mass is 32.1. The molecular weight excluding hydrogens is 392 g/mol. The number of benzene rings is 1. The molecule has 0 radical (unpaired) electrons. The molecule has 1 N–H and O–H groups in total. The average Bonchev–Trinajstić information content (AvgIpc) is 3.33. The summed E-state index contributed by atoms with van der Waals surface area (Å²) in [6.07, 6.45) is 5.69.